The lowest BCUT2D eigenvalue weighted by atomic mass is 10.1. The lowest BCUT2D eigenvalue weighted by Crippen LogP contribution is -2.22. The molecular weight excluding hydrogens is 242 g/mol. The highest BCUT2D eigenvalue weighted by Gasteiger charge is 2.13. The number of hydrogen-bond donors (Lipinski definition) is 1. The summed E-state index contributed by atoms with van der Waals surface area (Å²) in [5, 5.41) is 10.1. The maximum absolute atomic E-state index is 4.42. The van der Waals surface area contributed by atoms with Gasteiger partial charge in [0.15, 0.2) is 0 Å². The fourth-order valence-electron chi connectivity index (χ4n) is 2.10. The Labute approximate surface area is 113 Å². The molecule has 0 radical (unpaired) electrons. The predicted molar refractivity (Wildman–Crippen MR) is 77.0 cm³/mol. The molecule has 98 valence electrons. The Morgan fingerprint density at radius 2 is 2.33 bits per heavy atom. The number of nitrogens with zero attached hydrogens (tertiary/aromatic N) is 2. The van der Waals surface area contributed by atoms with Crippen LogP contribution in [0.5, 0.6) is 0 Å². The summed E-state index contributed by atoms with van der Waals surface area (Å²) < 4.78 is 2.04. The molecule has 2 aromatic heterocycles. The Balaban J connectivity index is 2.07. The van der Waals surface area contributed by atoms with E-state index >= 15 is 0 Å². The molecule has 1 unspecified atom stereocenters. The van der Waals surface area contributed by atoms with Gasteiger partial charge < -0.3 is 5.32 Å². The van der Waals surface area contributed by atoms with Crippen LogP contribution < -0.4 is 5.32 Å². The fraction of sp³-hybridized carbons (Fsp3) is 0.500. The summed E-state index contributed by atoms with van der Waals surface area (Å²) in [5.41, 5.74) is 1.29. The van der Waals surface area contributed by atoms with Crippen molar-refractivity contribution in [3.05, 3.63) is 40.3 Å². The van der Waals surface area contributed by atoms with E-state index in [-0.39, 0.29) is 0 Å². The van der Waals surface area contributed by atoms with Crippen LogP contribution in [0.3, 0.4) is 0 Å². The summed E-state index contributed by atoms with van der Waals surface area (Å²) >= 11 is 1.82. The monoisotopic (exact) mass is 263 g/mol. The van der Waals surface area contributed by atoms with Crippen molar-refractivity contribution >= 4 is 11.3 Å². The van der Waals surface area contributed by atoms with E-state index in [1.807, 2.05) is 22.2 Å². The standard InChI is InChI=1S/C14H21N3S/c1-3-7-17-11-12(10-16-17)14(15-4-2)9-13-6-5-8-18-13/h5-6,8,10-11,14-15H,3-4,7,9H2,1-2H3. The highest BCUT2D eigenvalue weighted by atomic mass is 32.1. The quantitative estimate of drug-likeness (QED) is 0.831. The Morgan fingerprint density at radius 3 is 3.00 bits per heavy atom. The number of hydrogen-bond acceptors (Lipinski definition) is 3. The van der Waals surface area contributed by atoms with Crippen molar-refractivity contribution in [3.63, 3.8) is 0 Å². The number of nitrogens with one attached hydrogen (secondary N) is 1. The highest BCUT2D eigenvalue weighted by molar-refractivity contribution is 7.09. The molecule has 0 saturated carbocycles. The third-order valence-corrected chi connectivity index (χ3v) is 3.84. The van der Waals surface area contributed by atoms with Gasteiger partial charge in [-0.2, -0.15) is 5.10 Å². The van der Waals surface area contributed by atoms with E-state index in [9.17, 15) is 0 Å². The van der Waals surface area contributed by atoms with Crippen molar-refractivity contribution in [3.8, 4) is 0 Å². The Bertz CT molecular complexity index is 447. The first-order chi connectivity index (χ1) is 8.83. The second-order valence-electron chi connectivity index (χ2n) is 4.43. The molecule has 0 amide bonds. The second kappa shape index (κ2) is 6.71. The van der Waals surface area contributed by atoms with Gasteiger partial charge in [0, 0.05) is 35.6 Å². The van der Waals surface area contributed by atoms with Crippen molar-refractivity contribution in [2.24, 2.45) is 0 Å². The van der Waals surface area contributed by atoms with Crippen LogP contribution in [0.25, 0.3) is 0 Å². The summed E-state index contributed by atoms with van der Waals surface area (Å²) in [7, 11) is 0. The molecule has 0 bridgehead atoms. The Morgan fingerprint density at radius 1 is 1.44 bits per heavy atom. The van der Waals surface area contributed by atoms with E-state index in [0.29, 0.717) is 6.04 Å². The molecule has 0 saturated heterocycles. The van der Waals surface area contributed by atoms with Crippen LogP contribution in [0.15, 0.2) is 29.9 Å². The van der Waals surface area contributed by atoms with Gasteiger partial charge in [-0.05, 0) is 24.4 Å². The molecule has 4 heteroatoms. The number of aryl methyl sites for hydroxylation is 1. The molecule has 2 aromatic rings. The summed E-state index contributed by atoms with van der Waals surface area (Å²) in [6.07, 6.45) is 6.34. The maximum Gasteiger partial charge on any atom is 0.0537 e. The molecule has 2 heterocycles. The minimum absolute atomic E-state index is 0.374. The first-order valence-electron chi connectivity index (χ1n) is 6.61. The van der Waals surface area contributed by atoms with Gasteiger partial charge >= 0.3 is 0 Å². The van der Waals surface area contributed by atoms with Gasteiger partial charge in [-0.15, -0.1) is 11.3 Å². The lowest BCUT2D eigenvalue weighted by Gasteiger charge is -2.15. The Kier molecular flexibility index (Phi) is 4.96. The maximum atomic E-state index is 4.42. The zero-order valence-corrected chi connectivity index (χ0v) is 11.9. The number of rotatable bonds is 7. The SMILES string of the molecule is CCCn1cc(C(Cc2cccs2)NCC)cn1. The van der Waals surface area contributed by atoms with Crippen molar-refractivity contribution in [1.29, 1.82) is 0 Å². The molecule has 18 heavy (non-hydrogen) atoms. The molecule has 2 rings (SSSR count). The third-order valence-electron chi connectivity index (χ3n) is 2.94. The second-order valence-corrected chi connectivity index (χ2v) is 5.46. The molecule has 0 aliphatic heterocycles. The summed E-state index contributed by atoms with van der Waals surface area (Å²) in [6.45, 7) is 6.31. The zero-order chi connectivity index (χ0) is 12.8. The van der Waals surface area contributed by atoms with Crippen molar-refractivity contribution in [2.75, 3.05) is 6.54 Å². The molecule has 0 fully saturated rings. The fourth-order valence-corrected chi connectivity index (χ4v) is 2.85. The van der Waals surface area contributed by atoms with Crippen LogP contribution in [0.4, 0.5) is 0 Å². The number of aromatic nitrogens is 2. The van der Waals surface area contributed by atoms with Gasteiger partial charge in [0.1, 0.15) is 0 Å². The molecule has 0 spiro atoms. The molecular formula is C14H21N3S. The first-order valence-corrected chi connectivity index (χ1v) is 7.49. The largest absolute Gasteiger partial charge is 0.310 e. The average Bonchev–Trinajstić information content (AvgIpc) is 3.00. The van der Waals surface area contributed by atoms with E-state index in [4.69, 9.17) is 0 Å². The number of likely N-dealkylation sites (N-methyl/N-ethyl adjacent to an activating group) is 1. The van der Waals surface area contributed by atoms with Gasteiger partial charge in [0.2, 0.25) is 0 Å². The van der Waals surface area contributed by atoms with E-state index in [1.165, 1.54) is 10.4 Å². The summed E-state index contributed by atoms with van der Waals surface area (Å²) in [4.78, 5) is 1.42. The minimum Gasteiger partial charge on any atom is -0.310 e. The normalized spacial score (nSPS) is 12.8. The van der Waals surface area contributed by atoms with Crippen LogP contribution in [0.2, 0.25) is 0 Å². The van der Waals surface area contributed by atoms with Crippen molar-refractivity contribution in [1.82, 2.24) is 15.1 Å². The van der Waals surface area contributed by atoms with Gasteiger partial charge in [-0.25, -0.2) is 0 Å². The van der Waals surface area contributed by atoms with Gasteiger partial charge in [-0.3, -0.25) is 4.68 Å². The minimum atomic E-state index is 0.374. The van der Waals surface area contributed by atoms with Crippen molar-refractivity contribution in [2.45, 2.75) is 39.3 Å². The molecule has 1 N–H and O–H groups in total. The van der Waals surface area contributed by atoms with E-state index in [0.717, 1.165) is 25.9 Å². The van der Waals surface area contributed by atoms with Crippen molar-refractivity contribution < 1.29 is 0 Å². The van der Waals surface area contributed by atoms with Gasteiger partial charge in [0.25, 0.3) is 0 Å². The summed E-state index contributed by atoms with van der Waals surface area (Å²) in [6, 6.07) is 4.69. The molecule has 3 nitrogen and oxygen atoms in total. The summed E-state index contributed by atoms with van der Waals surface area (Å²) in [5.74, 6) is 0. The van der Waals surface area contributed by atoms with Gasteiger partial charge in [0.05, 0.1) is 6.20 Å². The predicted octanol–water partition coefficient (Wildman–Crippen LogP) is 3.25. The molecule has 1 atom stereocenters. The molecule has 0 aliphatic carbocycles. The first kappa shape index (κ1) is 13.3. The van der Waals surface area contributed by atoms with E-state index in [2.05, 4.69) is 48.0 Å². The van der Waals surface area contributed by atoms with Gasteiger partial charge in [-0.1, -0.05) is 19.9 Å². The molecule has 0 aromatic carbocycles. The number of thiophene rings is 1. The van der Waals surface area contributed by atoms with Crippen LogP contribution >= 0.6 is 11.3 Å². The van der Waals surface area contributed by atoms with E-state index in [1.54, 1.807) is 0 Å². The van der Waals surface area contributed by atoms with E-state index < -0.39 is 0 Å². The topological polar surface area (TPSA) is 29.9 Å². The van der Waals surface area contributed by atoms with Crippen LogP contribution in [-0.4, -0.2) is 16.3 Å². The zero-order valence-electron chi connectivity index (χ0n) is 11.1. The lowest BCUT2D eigenvalue weighted by molar-refractivity contribution is 0.550. The van der Waals surface area contributed by atoms with Crippen LogP contribution in [0, 0.1) is 0 Å². The van der Waals surface area contributed by atoms with Crippen LogP contribution in [0.1, 0.15) is 36.8 Å². The Hall–Kier alpha value is -1.13. The average molecular weight is 263 g/mol. The smallest absolute Gasteiger partial charge is 0.0537 e. The molecule has 0 aliphatic rings. The third kappa shape index (κ3) is 3.43. The van der Waals surface area contributed by atoms with Crippen LogP contribution in [-0.2, 0) is 13.0 Å². The highest BCUT2D eigenvalue weighted by Crippen LogP contribution is 2.21.